The summed E-state index contributed by atoms with van der Waals surface area (Å²) in [5, 5.41) is 12.0. The molecule has 2 heterocycles. The summed E-state index contributed by atoms with van der Waals surface area (Å²) in [6, 6.07) is 0. The first-order valence-electron chi connectivity index (χ1n) is 8.54. The lowest BCUT2D eigenvalue weighted by atomic mass is 10.4. The van der Waals surface area contributed by atoms with Gasteiger partial charge in [0.15, 0.2) is 10.8 Å². The molecule has 2 N–H and O–H groups in total. The number of aromatic nitrogens is 4. The summed E-state index contributed by atoms with van der Waals surface area (Å²) in [6.45, 7) is 4.38. The third-order valence-corrected chi connectivity index (χ3v) is 4.48. The van der Waals surface area contributed by atoms with Gasteiger partial charge in [-0.2, -0.15) is 5.10 Å². The number of hydrogen-bond donors (Lipinski definition) is 2. The van der Waals surface area contributed by atoms with Crippen LogP contribution < -0.4 is 10.6 Å². The average molecular weight is 382 g/mol. The van der Waals surface area contributed by atoms with E-state index in [4.69, 9.17) is 9.47 Å². The van der Waals surface area contributed by atoms with Gasteiger partial charge in [0.25, 0.3) is 0 Å². The van der Waals surface area contributed by atoms with Gasteiger partial charge in [-0.3, -0.25) is 4.79 Å². The second kappa shape index (κ2) is 10.9. The van der Waals surface area contributed by atoms with Crippen molar-refractivity contribution in [2.24, 2.45) is 0 Å². The summed E-state index contributed by atoms with van der Waals surface area (Å²) in [4.78, 5) is 20.7. The highest BCUT2D eigenvalue weighted by Gasteiger charge is 2.13. The van der Waals surface area contributed by atoms with E-state index in [0.717, 1.165) is 29.0 Å². The van der Waals surface area contributed by atoms with Crippen LogP contribution in [0.2, 0.25) is 0 Å². The van der Waals surface area contributed by atoms with E-state index in [9.17, 15) is 4.79 Å². The molecule has 0 aromatic carbocycles. The Morgan fingerprint density at radius 2 is 2.12 bits per heavy atom. The Morgan fingerprint density at radius 3 is 2.85 bits per heavy atom. The number of carbonyl (C=O) groups excluding carboxylic acids is 1. The Hall–Kier alpha value is -1.91. The van der Waals surface area contributed by atoms with E-state index >= 15 is 0 Å². The molecule has 0 unspecified atom stereocenters. The molecule has 0 fully saturated rings. The molecular weight excluding hydrogens is 356 g/mol. The third kappa shape index (κ3) is 5.82. The van der Waals surface area contributed by atoms with Gasteiger partial charge in [-0.15, -0.1) is 0 Å². The zero-order chi connectivity index (χ0) is 18.8. The van der Waals surface area contributed by atoms with Crippen LogP contribution >= 0.6 is 11.8 Å². The van der Waals surface area contributed by atoms with Crippen LogP contribution in [0.4, 0.5) is 5.82 Å². The molecule has 2 aromatic heterocycles. The minimum absolute atomic E-state index is 0.0490. The fraction of sp³-hybridized carbons (Fsp3) is 0.625. The summed E-state index contributed by atoms with van der Waals surface area (Å²) < 4.78 is 11.7. The molecule has 0 radical (unpaired) electrons. The van der Waals surface area contributed by atoms with Crippen LogP contribution in [0.15, 0.2) is 11.4 Å². The normalized spacial score (nSPS) is 11.0. The molecule has 10 heteroatoms. The highest BCUT2D eigenvalue weighted by atomic mass is 32.2. The summed E-state index contributed by atoms with van der Waals surface area (Å²) in [6.07, 6.45) is 2.79. The summed E-state index contributed by atoms with van der Waals surface area (Å²) in [5.41, 5.74) is 0.750. The Morgan fingerprint density at radius 1 is 1.27 bits per heavy atom. The van der Waals surface area contributed by atoms with Gasteiger partial charge in [0.2, 0.25) is 5.91 Å². The van der Waals surface area contributed by atoms with Gasteiger partial charge in [-0.05, 0) is 6.42 Å². The van der Waals surface area contributed by atoms with Gasteiger partial charge < -0.3 is 20.1 Å². The molecule has 0 bridgehead atoms. The van der Waals surface area contributed by atoms with Crippen LogP contribution in [0.3, 0.4) is 0 Å². The Balaban J connectivity index is 2.16. The number of carbonyl (C=O) groups is 1. The number of nitrogens with one attached hydrogen (secondary N) is 2. The highest BCUT2D eigenvalue weighted by molar-refractivity contribution is 7.99. The molecule has 0 atom stereocenters. The molecule has 9 nitrogen and oxygen atoms in total. The van der Waals surface area contributed by atoms with Crippen molar-refractivity contribution < 1.29 is 14.3 Å². The van der Waals surface area contributed by atoms with Crippen molar-refractivity contribution >= 4 is 34.5 Å². The van der Waals surface area contributed by atoms with E-state index in [-0.39, 0.29) is 12.5 Å². The number of nitrogens with zero attached hydrogens (tertiary/aromatic N) is 4. The quantitative estimate of drug-likeness (QED) is 0.320. The average Bonchev–Trinajstić information content (AvgIpc) is 3.03. The van der Waals surface area contributed by atoms with Crippen molar-refractivity contribution in [1.82, 2.24) is 25.1 Å². The van der Waals surface area contributed by atoms with Crippen LogP contribution in [-0.2, 0) is 20.8 Å². The predicted octanol–water partition coefficient (Wildman–Crippen LogP) is 1.15. The fourth-order valence-corrected chi connectivity index (χ4v) is 2.94. The van der Waals surface area contributed by atoms with E-state index in [0.29, 0.717) is 31.4 Å². The Kier molecular flexibility index (Phi) is 8.59. The number of amides is 1. The van der Waals surface area contributed by atoms with Crippen molar-refractivity contribution in [2.75, 3.05) is 51.6 Å². The molecule has 26 heavy (non-hydrogen) atoms. The summed E-state index contributed by atoms with van der Waals surface area (Å²) >= 11 is 1.62. The van der Waals surface area contributed by atoms with Crippen molar-refractivity contribution in [1.29, 1.82) is 0 Å². The van der Waals surface area contributed by atoms with E-state index in [2.05, 4.69) is 32.6 Å². The van der Waals surface area contributed by atoms with Crippen LogP contribution in [0.5, 0.6) is 0 Å². The topological polar surface area (TPSA) is 103 Å². The van der Waals surface area contributed by atoms with Crippen LogP contribution in [0.25, 0.3) is 11.0 Å². The Bertz CT molecular complexity index is 709. The first kappa shape index (κ1) is 20.4. The molecule has 144 valence electrons. The fourth-order valence-electron chi connectivity index (χ4n) is 2.25. The lowest BCUT2D eigenvalue weighted by Crippen LogP contribution is -2.30. The second-order valence-electron chi connectivity index (χ2n) is 5.51. The van der Waals surface area contributed by atoms with Crippen molar-refractivity contribution in [3.05, 3.63) is 6.20 Å². The monoisotopic (exact) mass is 382 g/mol. The molecule has 2 aromatic rings. The van der Waals surface area contributed by atoms with Crippen molar-refractivity contribution in [2.45, 2.75) is 25.0 Å². The minimum atomic E-state index is -0.153. The molecule has 0 saturated heterocycles. The van der Waals surface area contributed by atoms with Gasteiger partial charge in [-0.1, -0.05) is 18.7 Å². The Labute approximate surface area is 157 Å². The van der Waals surface area contributed by atoms with Gasteiger partial charge in [0.05, 0.1) is 24.7 Å². The van der Waals surface area contributed by atoms with Gasteiger partial charge in [0, 0.05) is 33.1 Å². The standard InChI is InChI=1S/C16H26N6O3S/c1-4-9-26-16-20-14(18-6-8-24-2)12-10-19-22(15(12)21-16)7-5-17-13(23)11-25-3/h10H,4-9,11H2,1-3H3,(H,17,23)(H,18,20,21). The number of ether oxygens (including phenoxy) is 2. The van der Waals surface area contributed by atoms with Crippen molar-refractivity contribution in [3.63, 3.8) is 0 Å². The SMILES string of the molecule is CCCSc1nc(NCCOC)c2cnn(CCNC(=O)COC)c2n1. The first-order chi connectivity index (χ1) is 12.7. The first-order valence-corrected chi connectivity index (χ1v) is 9.53. The van der Waals surface area contributed by atoms with Crippen LogP contribution in [0, 0.1) is 0 Å². The summed E-state index contributed by atoms with van der Waals surface area (Å²) in [5.74, 6) is 1.55. The van der Waals surface area contributed by atoms with Crippen LogP contribution in [0.1, 0.15) is 13.3 Å². The maximum Gasteiger partial charge on any atom is 0.246 e. The smallest absolute Gasteiger partial charge is 0.246 e. The molecule has 0 spiro atoms. The van der Waals surface area contributed by atoms with E-state index in [1.54, 1.807) is 29.8 Å². The molecular formula is C16H26N6O3S. The van der Waals surface area contributed by atoms with Gasteiger partial charge in [-0.25, -0.2) is 14.6 Å². The number of rotatable bonds is 12. The van der Waals surface area contributed by atoms with Gasteiger partial charge in [0.1, 0.15) is 12.4 Å². The number of thioether (sulfide) groups is 1. The van der Waals surface area contributed by atoms with E-state index in [1.165, 1.54) is 7.11 Å². The number of fused-ring (bicyclic) bond motifs is 1. The molecule has 1 amide bonds. The number of methoxy groups -OCH3 is 2. The molecule has 0 aliphatic rings. The second-order valence-corrected chi connectivity index (χ2v) is 6.57. The summed E-state index contributed by atoms with van der Waals surface area (Å²) in [7, 11) is 3.15. The minimum Gasteiger partial charge on any atom is -0.383 e. The van der Waals surface area contributed by atoms with E-state index in [1.807, 2.05) is 0 Å². The third-order valence-electron chi connectivity index (χ3n) is 3.43. The lowest BCUT2D eigenvalue weighted by molar-refractivity contribution is -0.124. The largest absolute Gasteiger partial charge is 0.383 e. The zero-order valence-corrected chi connectivity index (χ0v) is 16.3. The van der Waals surface area contributed by atoms with Crippen molar-refractivity contribution in [3.8, 4) is 0 Å². The molecule has 2 rings (SSSR count). The molecule has 0 aliphatic carbocycles. The van der Waals surface area contributed by atoms with Crippen LogP contribution in [-0.4, -0.2) is 71.9 Å². The number of anilines is 1. The maximum atomic E-state index is 11.5. The van der Waals surface area contributed by atoms with Gasteiger partial charge >= 0.3 is 0 Å². The number of hydrogen-bond acceptors (Lipinski definition) is 8. The lowest BCUT2D eigenvalue weighted by Gasteiger charge is -2.09. The highest BCUT2D eigenvalue weighted by Crippen LogP contribution is 2.24. The maximum absolute atomic E-state index is 11.5. The predicted molar refractivity (Wildman–Crippen MR) is 102 cm³/mol. The zero-order valence-electron chi connectivity index (χ0n) is 15.4. The van der Waals surface area contributed by atoms with E-state index < -0.39 is 0 Å². The molecule has 0 saturated carbocycles. The molecule has 0 aliphatic heterocycles.